The second kappa shape index (κ2) is 10.0. The molecule has 1 atom stereocenters. The van der Waals surface area contributed by atoms with Crippen molar-refractivity contribution >= 4 is 18.0 Å². The highest BCUT2D eigenvalue weighted by molar-refractivity contribution is 5.90. The second-order valence-electron chi connectivity index (χ2n) is 8.47. The van der Waals surface area contributed by atoms with Gasteiger partial charge < -0.3 is 29.6 Å². The summed E-state index contributed by atoms with van der Waals surface area (Å²) in [6, 6.07) is 18.8. The Morgan fingerprint density at radius 3 is 2.20 bits per heavy atom. The zero-order valence-corrected chi connectivity index (χ0v) is 19.4. The number of benzene rings is 2. The van der Waals surface area contributed by atoms with Crippen molar-refractivity contribution in [1.29, 1.82) is 0 Å². The molecule has 3 N–H and O–H groups in total. The number of furan rings is 1. The first-order chi connectivity index (χ1) is 16.8. The number of aromatic carboxylic acids is 1. The molecule has 0 spiro atoms. The van der Waals surface area contributed by atoms with Crippen LogP contribution in [0.2, 0.25) is 0 Å². The fourth-order valence-electron chi connectivity index (χ4n) is 4.26. The lowest BCUT2D eigenvalue weighted by Crippen LogP contribution is -2.59. The second-order valence-corrected chi connectivity index (χ2v) is 8.47. The highest BCUT2D eigenvalue weighted by atomic mass is 16.5. The van der Waals surface area contributed by atoms with Gasteiger partial charge in [0.1, 0.15) is 17.9 Å². The van der Waals surface area contributed by atoms with Crippen LogP contribution in [0.3, 0.4) is 0 Å². The number of amides is 2. The van der Waals surface area contributed by atoms with Crippen LogP contribution in [-0.2, 0) is 20.8 Å². The summed E-state index contributed by atoms with van der Waals surface area (Å²) < 4.78 is 15.9. The molecule has 182 valence electrons. The number of ether oxygens (including phenoxy) is 2. The normalized spacial score (nSPS) is 13.9. The maximum atomic E-state index is 12.9. The molecule has 0 aliphatic heterocycles. The topological polar surface area (TPSA) is 127 Å². The molecule has 2 amide bonds. The fraction of sp³-hybridized carbons (Fsp3) is 0.269. The molecule has 9 nitrogen and oxygen atoms in total. The summed E-state index contributed by atoms with van der Waals surface area (Å²) in [7, 11) is 1.41. The van der Waals surface area contributed by atoms with Crippen LogP contribution < -0.4 is 10.6 Å². The minimum Gasteiger partial charge on any atom is -0.475 e. The molecule has 0 fully saturated rings. The Labute approximate surface area is 202 Å². The van der Waals surface area contributed by atoms with Crippen molar-refractivity contribution in [3.63, 3.8) is 0 Å². The van der Waals surface area contributed by atoms with E-state index in [0.29, 0.717) is 0 Å². The van der Waals surface area contributed by atoms with Crippen LogP contribution >= 0.6 is 0 Å². The third kappa shape index (κ3) is 5.04. The van der Waals surface area contributed by atoms with Crippen LogP contribution in [0.15, 0.2) is 65.1 Å². The molecular weight excluding hydrogens is 452 g/mol. The third-order valence-corrected chi connectivity index (χ3v) is 5.95. The molecule has 0 radical (unpaired) electrons. The molecule has 0 saturated carbocycles. The minimum absolute atomic E-state index is 0.0578. The first-order valence-corrected chi connectivity index (χ1v) is 11.0. The Morgan fingerprint density at radius 2 is 1.63 bits per heavy atom. The van der Waals surface area contributed by atoms with Gasteiger partial charge in [-0.25, -0.2) is 9.59 Å². The highest BCUT2D eigenvalue weighted by Crippen LogP contribution is 2.44. The van der Waals surface area contributed by atoms with Crippen molar-refractivity contribution in [1.82, 2.24) is 10.6 Å². The van der Waals surface area contributed by atoms with Crippen molar-refractivity contribution in [2.75, 3.05) is 20.3 Å². The smallest absolute Gasteiger partial charge is 0.408 e. The van der Waals surface area contributed by atoms with Crippen molar-refractivity contribution in [2.24, 2.45) is 0 Å². The Morgan fingerprint density at radius 1 is 1.00 bits per heavy atom. The van der Waals surface area contributed by atoms with E-state index in [9.17, 15) is 14.4 Å². The maximum Gasteiger partial charge on any atom is 0.408 e. The molecule has 1 aliphatic rings. The predicted octanol–water partition coefficient (Wildman–Crippen LogP) is 3.54. The Balaban J connectivity index is 1.39. The number of carboxylic acids is 1. The summed E-state index contributed by atoms with van der Waals surface area (Å²) in [4.78, 5) is 36.5. The van der Waals surface area contributed by atoms with Gasteiger partial charge in [0.2, 0.25) is 11.7 Å². The van der Waals surface area contributed by atoms with Crippen molar-refractivity contribution in [2.45, 2.75) is 24.9 Å². The lowest BCUT2D eigenvalue weighted by molar-refractivity contribution is -0.129. The predicted molar refractivity (Wildman–Crippen MR) is 126 cm³/mol. The van der Waals surface area contributed by atoms with E-state index in [1.54, 1.807) is 0 Å². The van der Waals surface area contributed by atoms with Gasteiger partial charge in [-0.05, 0) is 41.3 Å². The van der Waals surface area contributed by atoms with E-state index in [0.717, 1.165) is 22.3 Å². The quantitative estimate of drug-likeness (QED) is 0.429. The first-order valence-electron chi connectivity index (χ1n) is 11.0. The van der Waals surface area contributed by atoms with Gasteiger partial charge in [0.25, 0.3) is 0 Å². The summed E-state index contributed by atoms with van der Waals surface area (Å²) >= 11 is 0. The lowest BCUT2D eigenvalue weighted by atomic mass is 9.98. The molecule has 0 saturated heterocycles. The molecule has 1 heterocycles. The molecule has 0 bridgehead atoms. The summed E-state index contributed by atoms with van der Waals surface area (Å²) in [5.41, 5.74) is 2.96. The molecule has 9 heteroatoms. The van der Waals surface area contributed by atoms with Gasteiger partial charge in [-0.2, -0.15) is 0 Å². The highest BCUT2D eigenvalue weighted by Gasteiger charge is 2.36. The molecule has 3 aromatic rings. The van der Waals surface area contributed by atoms with E-state index in [2.05, 4.69) is 10.6 Å². The molecule has 1 aliphatic carbocycles. The SMILES string of the molecule is COCC(C)(NC(=O)OCC1c2ccccc2-c2ccccc21)C(=O)NCc1ccc(C(=O)O)o1. The number of carboxylic acid groups (broad SMARTS) is 1. The summed E-state index contributed by atoms with van der Waals surface area (Å²) in [6.45, 7) is 1.45. The van der Waals surface area contributed by atoms with Crippen LogP contribution in [0.5, 0.6) is 0 Å². The monoisotopic (exact) mass is 478 g/mol. The van der Waals surface area contributed by atoms with E-state index in [-0.39, 0.29) is 37.2 Å². The van der Waals surface area contributed by atoms with Gasteiger partial charge in [0, 0.05) is 13.0 Å². The Bertz CT molecular complexity index is 1210. The van der Waals surface area contributed by atoms with Gasteiger partial charge in [0.05, 0.1) is 13.2 Å². The molecule has 2 aromatic carbocycles. The number of carbonyl (C=O) groups is 3. The fourth-order valence-corrected chi connectivity index (χ4v) is 4.26. The summed E-state index contributed by atoms with van der Waals surface area (Å²) in [5, 5.41) is 14.2. The summed E-state index contributed by atoms with van der Waals surface area (Å²) in [6.07, 6.45) is -0.757. The maximum absolute atomic E-state index is 12.9. The van der Waals surface area contributed by atoms with Crippen molar-refractivity contribution < 1.29 is 33.4 Å². The number of hydrogen-bond acceptors (Lipinski definition) is 6. The van der Waals surface area contributed by atoms with E-state index in [1.807, 2.05) is 48.5 Å². The zero-order valence-electron chi connectivity index (χ0n) is 19.4. The van der Waals surface area contributed by atoms with E-state index < -0.39 is 23.5 Å². The first kappa shape index (κ1) is 24.0. The van der Waals surface area contributed by atoms with Crippen LogP contribution in [0.25, 0.3) is 11.1 Å². The molecular formula is C26H26N2O7. The molecule has 4 rings (SSSR count). The van der Waals surface area contributed by atoms with Gasteiger partial charge in [-0.15, -0.1) is 0 Å². The Hall–Kier alpha value is -4.11. The van der Waals surface area contributed by atoms with Crippen LogP contribution in [-0.4, -0.2) is 48.9 Å². The summed E-state index contributed by atoms with van der Waals surface area (Å²) in [5.74, 6) is -1.83. The van der Waals surface area contributed by atoms with Crippen molar-refractivity contribution in [3.8, 4) is 11.1 Å². The van der Waals surface area contributed by atoms with Crippen molar-refractivity contribution in [3.05, 3.63) is 83.3 Å². The van der Waals surface area contributed by atoms with E-state index >= 15 is 0 Å². The van der Waals surface area contributed by atoms with Crippen LogP contribution in [0.1, 0.15) is 40.3 Å². The average Bonchev–Trinajstić information content (AvgIpc) is 3.44. The molecule has 1 unspecified atom stereocenters. The number of hydrogen-bond donors (Lipinski definition) is 3. The average molecular weight is 479 g/mol. The van der Waals surface area contributed by atoms with Gasteiger partial charge in [-0.1, -0.05) is 48.5 Å². The number of rotatable bonds is 9. The largest absolute Gasteiger partial charge is 0.475 e. The van der Waals surface area contributed by atoms with Crippen LogP contribution in [0.4, 0.5) is 4.79 Å². The van der Waals surface area contributed by atoms with Crippen LogP contribution in [0, 0.1) is 0 Å². The lowest BCUT2D eigenvalue weighted by Gasteiger charge is -2.28. The number of carbonyl (C=O) groups excluding carboxylic acids is 2. The number of fused-ring (bicyclic) bond motifs is 3. The minimum atomic E-state index is -1.43. The number of nitrogens with one attached hydrogen (secondary N) is 2. The van der Waals surface area contributed by atoms with E-state index in [1.165, 1.54) is 26.2 Å². The van der Waals surface area contributed by atoms with Gasteiger partial charge >= 0.3 is 12.1 Å². The zero-order chi connectivity index (χ0) is 25.0. The Kier molecular flexibility index (Phi) is 6.88. The van der Waals surface area contributed by atoms with Gasteiger partial charge in [-0.3, -0.25) is 4.79 Å². The van der Waals surface area contributed by atoms with Gasteiger partial charge in [0.15, 0.2) is 0 Å². The third-order valence-electron chi connectivity index (χ3n) is 5.95. The standard InChI is InChI=1S/C26H26N2O7/c1-26(15-33-2,24(31)27-13-16-11-12-22(35-16)23(29)30)28-25(32)34-14-21-19-9-5-3-7-17(19)18-8-4-6-10-20(18)21/h3-12,21H,13-15H2,1-2H3,(H,27,31)(H,28,32)(H,29,30). The van der Waals surface area contributed by atoms with E-state index in [4.69, 9.17) is 19.0 Å². The molecule has 1 aromatic heterocycles. The number of alkyl carbamates (subject to hydrolysis) is 1. The molecule has 35 heavy (non-hydrogen) atoms. The number of methoxy groups -OCH3 is 1.